The Morgan fingerprint density at radius 2 is 1.95 bits per heavy atom. The maximum atomic E-state index is 12.1. The Hall–Kier alpha value is -2.21. The zero-order chi connectivity index (χ0) is 13.2. The third-order valence-corrected chi connectivity index (χ3v) is 3.14. The van der Waals surface area contributed by atoms with Crippen molar-refractivity contribution >= 4 is 32.8 Å². The molecule has 2 heterocycles. The van der Waals surface area contributed by atoms with Crippen molar-refractivity contribution in [2.24, 2.45) is 0 Å². The van der Waals surface area contributed by atoms with Crippen LogP contribution in [0, 0.1) is 0 Å². The maximum Gasteiger partial charge on any atom is 0.345 e. The van der Waals surface area contributed by atoms with Crippen molar-refractivity contribution < 1.29 is 9.53 Å². The molecule has 94 valence electrons. The number of nitrogens with zero attached hydrogens (tertiary/aromatic N) is 2. The molecule has 0 saturated carbocycles. The van der Waals surface area contributed by atoms with E-state index in [4.69, 9.17) is 4.74 Å². The van der Waals surface area contributed by atoms with Crippen LogP contribution in [0.3, 0.4) is 0 Å². The van der Waals surface area contributed by atoms with Gasteiger partial charge in [-0.3, -0.25) is 10.1 Å². The minimum atomic E-state index is -0.457. The smallest absolute Gasteiger partial charge is 0.345 e. The highest BCUT2D eigenvalue weighted by molar-refractivity contribution is 9.10. The molecule has 0 aliphatic rings. The number of ether oxygens (including phenoxy) is 1. The van der Waals surface area contributed by atoms with Gasteiger partial charge in [0, 0.05) is 16.1 Å². The molecule has 0 unspecified atom stereocenters. The van der Waals surface area contributed by atoms with Crippen molar-refractivity contribution in [2.45, 2.75) is 0 Å². The summed E-state index contributed by atoms with van der Waals surface area (Å²) in [6.07, 6.45) is 4.66. The van der Waals surface area contributed by atoms with Gasteiger partial charge in [-0.2, -0.15) is 5.10 Å². The van der Waals surface area contributed by atoms with Gasteiger partial charge in [0.15, 0.2) is 0 Å². The molecule has 0 aliphatic heterocycles. The number of benzene rings is 1. The van der Waals surface area contributed by atoms with E-state index in [0.717, 1.165) is 4.47 Å². The number of hydrogen-bond donors (Lipinski definition) is 1. The van der Waals surface area contributed by atoms with Gasteiger partial charge in [-0.25, -0.2) is 4.79 Å². The quantitative estimate of drug-likeness (QED) is 0.583. The van der Waals surface area contributed by atoms with Gasteiger partial charge in [0.25, 0.3) is 0 Å². The lowest BCUT2D eigenvalue weighted by atomic mass is 10.2. The summed E-state index contributed by atoms with van der Waals surface area (Å²) in [5.74, 6) is 0.0236. The summed E-state index contributed by atoms with van der Waals surface area (Å²) in [5.41, 5.74) is 1.08. The first kappa shape index (κ1) is 11.9. The molecule has 0 radical (unpaired) electrons. The SMILES string of the molecule is O=C(Oc1ccc(Br)cc1)c1cncc2[nH]ncc12. The fourth-order valence-corrected chi connectivity index (χ4v) is 1.96. The number of aromatic nitrogens is 3. The van der Waals surface area contributed by atoms with Crippen molar-refractivity contribution in [1.29, 1.82) is 0 Å². The molecular weight excluding hydrogens is 310 g/mol. The number of pyridine rings is 1. The van der Waals surface area contributed by atoms with Gasteiger partial charge in [0.1, 0.15) is 5.75 Å². The topological polar surface area (TPSA) is 67.9 Å². The van der Waals surface area contributed by atoms with E-state index in [1.807, 2.05) is 0 Å². The second-order valence-corrected chi connectivity index (χ2v) is 4.78. The van der Waals surface area contributed by atoms with Crippen LogP contribution < -0.4 is 4.74 Å². The van der Waals surface area contributed by atoms with Crippen LogP contribution >= 0.6 is 15.9 Å². The molecule has 0 bridgehead atoms. The molecule has 1 N–H and O–H groups in total. The molecule has 0 amide bonds. The van der Waals surface area contributed by atoms with E-state index in [9.17, 15) is 4.79 Å². The fourth-order valence-electron chi connectivity index (χ4n) is 1.69. The van der Waals surface area contributed by atoms with Gasteiger partial charge in [0.2, 0.25) is 0 Å². The van der Waals surface area contributed by atoms with Gasteiger partial charge in [-0.1, -0.05) is 15.9 Å². The second kappa shape index (κ2) is 4.81. The zero-order valence-corrected chi connectivity index (χ0v) is 11.2. The lowest BCUT2D eigenvalue weighted by Gasteiger charge is -2.04. The van der Waals surface area contributed by atoms with E-state index >= 15 is 0 Å². The average molecular weight is 318 g/mol. The van der Waals surface area contributed by atoms with E-state index in [1.165, 1.54) is 6.20 Å². The minimum Gasteiger partial charge on any atom is -0.423 e. The van der Waals surface area contributed by atoms with Gasteiger partial charge in [-0.05, 0) is 24.3 Å². The number of carbonyl (C=O) groups excluding carboxylic acids is 1. The summed E-state index contributed by atoms with van der Waals surface area (Å²) >= 11 is 3.32. The molecule has 0 saturated heterocycles. The first-order chi connectivity index (χ1) is 9.24. The van der Waals surface area contributed by atoms with E-state index < -0.39 is 5.97 Å². The first-order valence-corrected chi connectivity index (χ1v) is 6.28. The predicted molar refractivity (Wildman–Crippen MR) is 73.0 cm³/mol. The lowest BCUT2D eigenvalue weighted by Crippen LogP contribution is -2.09. The third-order valence-electron chi connectivity index (χ3n) is 2.61. The van der Waals surface area contributed by atoms with Crippen molar-refractivity contribution in [1.82, 2.24) is 15.2 Å². The van der Waals surface area contributed by atoms with Crippen LogP contribution in [0.4, 0.5) is 0 Å². The fraction of sp³-hybridized carbons (Fsp3) is 0. The maximum absolute atomic E-state index is 12.1. The summed E-state index contributed by atoms with van der Waals surface area (Å²) in [4.78, 5) is 16.1. The monoisotopic (exact) mass is 317 g/mol. The number of nitrogens with one attached hydrogen (secondary N) is 1. The average Bonchev–Trinajstić information content (AvgIpc) is 2.89. The van der Waals surface area contributed by atoms with Gasteiger partial charge < -0.3 is 4.74 Å². The molecule has 3 rings (SSSR count). The van der Waals surface area contributed by atoms with Crippen LogP contribution in [0.25, 0.3) is 10.9 Å². The molecule has 5 nitrogen and oxygen atoms in total. The third kappa shape index (κ3) is 2.34. The lowest BCUT2D eigenvalue weighted by molar-refractivity contribution is 0.0736. The minimum absolute atomic E-state index is 0.383. The van der Waals surface area contributed by atoms with Gasteiger partial charge >= 0.3 is 5.97 Å². The number of hydrogen-bond acceptors (Lipinski definition) is 4. The molecule has 0 fully saturated rings. The highest BCUT2D eigenvalue weighted by Crippen LogP contribution is 2.20. The van der Waals surface area contributed by atoms with Gasteiger partial charge in [0.05, 0.1) is 23.5 Å². The van der Waals surface area contributed by atoms with Gasteiger partial charge in [-0.15, -0.1) is 0 Å². The number of H-pyrrole nitrogens is 1. The molecule has 3 aromatic rings. The summed E-state index contributed by atoms with van der Waals surface area (Å²) in [6.45, 7) is 0. The molecule has 0 atom stereocenters. The first-order valence-electron chi connectivity index (χ1n) is 5.49. The molecule has 19 heavy (non-hydrogen) atoms. The predicted octanol–water partition coefficient (Wildman–Crippen LogP) is 2.94. The van der Waals surface area contributed by atoms with E-state index in [0.29, 0.717) is 22.2 Å². The van der Waals surface area contributed by atoms with Crippen molar-refractivity contribution in [3.63, 3.8) is 0 Å². The number of fused-ring (bicyclic) bond motifs is 1. The van der Waals surface area contributed by atoms with Crippen LogP contribution in [0.2, 0.25) is 0 Å². The molecule has 0 aliphatic carbocycles. The molecule has 1 aromatic carbocycles. The van der Waals surface area contributed by atoms with Crippen molar-refractivity contribution in [2.75, 3.05) is 0 Å². The largest absolute Gasteiger partial charge is 0.423 e. The molecule has 0 spiro atoms. The van der Waals surface area contributed by atoms with E-state index in [1.54, 1.807) is 36.7 Å². The summed E-state index contributed by atoms with van der Waals surface area (Å²) in [5, 5.41) is 7.34. The van der Waals surface area contributed by atoms with Crippen LogP contribution in [0.1, 0.15) is 10.4 Å². The van der Waals surface area contributed by atoms with Crippen LogP contribution in [0.5, 0.6) is 5.75 Å². The van der Waals surface area contributed by atoms with Crippen LogP contribution in [-0.4, -0.2) is 21.2 Å². The summed E-state index contributed by atoms with van der Waals surface area (Å²) in [6, 6.07) is 7.04. The zero-order valence-electron chi connectivity index (χ0n) is 9.63. The number of aromatic amines is 1. The molecule has 6 heteroatoms. The molecule has 2 aromatic heterocycles. The Morgan fingerprint density at radius 3 is 2.74 bits per heavy atom. The number of carbonyl (C=O) groups is 1. The Kier molecular flexibility index (Phi) is 3.00. The number of halogens is 1. The highest BCUT2D eigenvalue weighted by atomic mass is 79.9. The Labute approximate surface area is 116 Å². The number of esters is 1. The Bertz CT molecular complexity index is 737. The van der Waals surface area contributed by atoms with E-state index in [-0.39, 0.29) is 0 Å². The van der Waals surface area contributed by atoms with Crippen LogP contribution in [0.15, 0.2) is 47.3 Å². The van der Waals surface area contributed by atoms with Crippen LogP contribution in [-0.2, 0) is 0 Å². The number of rotatable bonds is 2. The molecular formula is C13H8BrN3O2. The van der Waals surface area contributed by atoms with E-state index in [2.05, 4.69) is 31.1 Å². The Balaban J connectivity index is 1.92. The Morgan fingerprint density at radius 1 is 1.16 bits per heavy atom. The normalized spacial score (nSPS) is 10.6. The van der Waals surface area contributed by atoms with Crippen molar-refractivity contribution in [3.05, 3.63) is 52.9 Å². The standard InChI is InChI=1S/C13H8BrN3O2/c14-8-1-3-9(4-2-8)19-13(18)11-5-15-7-12-10(11)6-16-17-12/h1-7H,(H,16,17). The summed E-state index contributed by atoms with van der Waals surface area (Å²) < 4.78 is 6.21. The second-order valence-electron chi connectivity index (χ2n) is 3.86. The summed E-state index contributed by atoms with van der Waals surface area (Å²) in [7, 11) is 0. The van der Waals surface area contributed by atoms with Crippen molar-refractivity contribution in [3.8, 4) is 5.75 Å². The highest BCUT2D eigenvalue weighted by Gasteiger charge is 2.14.